The molecule has 2 amide bonds. The largest absolute Gasteiger partial charge is 0.440 e. The number of hydrogen-bond acceptors (Lipinski definition) is 9. The summed E-state index contributed by atoms with van der Waals surface area (Å²) in [5, 5.41) is 4.38. The van der Waals surface area contributed by atoms with Crippen LogP contribution in [-0.4, -0.2) is 91.3 Å². The summed E-state index contributed by atoms with van der Waals surface area (Å²) in [5.74, 6) is 2.50. The van der Waals surface area contributed by atoms with Crippen LogP contribution in [0.5, 0.6) is 0 Å². The van der Waals surface area contributed by atoms with Gasteiger partial charge in [-0.05, 0) is 61.2 Å². The number of aryl methyl sites for hydroxylation is 1. The summed E-state index contributed by atoms with van der Waals surface area (Å²) in [6.07, 6.45) is 6.16. The summed E-state index contributed by atoms with van der Waals surface area (Å²) < 4.78 is 7.61. The number of carbonyl (C=O) groups excluding carboxylic acids is 2. The lowest BCUT2D eigenvalue weighted by atomic mass is 9.85. The number of aromatic nitrogens is 5. The first-order valence-electron chi connectivity index (χ1n) is 18.2. The molecular formula is C40H41N9O3. The fraction of sp³-hybridized carbons (Fsp3) is 0.375. The van der Waals surface area contributed by atoms with Crippen LogP contribution in [0.4, 0.5) is 5.82 Å². The van der Waals surface area contributed by atoms with Crippen molar-refractivity contribution in [1.29, 1.82) is 0 Å². The first kappa shape index (κ1) is 32.4. The van der Waals surface area contributed by atoms with Crippen molar-refractivity contribution in [1.82, 2.24) is 34.5 Å². The molecule has 0 unspecified atom stereocenters. The van der Waals surface area contributed by atoms with Crippen LogP contribution in [0, 0.1) is 5.41 Å². The number of nitrogens with zero attached hydrogens (tertiary/aromatic N) is 9. The van der Waals surface area contributed by atoms with Crippen LogP contribution in [0.2, 0.25) is 0 Å². The van der Waals surface area contributed by atoms with Crippen molar-refractivity contribution in [3.8, 4) is 11.4 Å². The molecule has 9 rings (SSSR count). The summed E-state index contributed by atoms with van der Waals surface area (Å²) in [5.41, 5.74) is 8.07. The molecule has 2 fully saturated rings. The Morgan fingerprint density at radius 3 is 2.54 bits per heavy atom. The van der Waals surface area contributed by atoms with Gasteiger partial charge in [-0.1, -0.05) is 50.3 Å². The van der Waals surface area contributed by atoms with Crippen molar-refractivity contribution in [2.75, 3.05) is 44.2 Å². The van der Waals surface area contributed by atoms with Crippen molar-refractivity contribution >= 4 is 40.0 Å². The third kappa shape index (κ3) is 5.71. The third-order valence-corrected chi connectivity index (χ3v) is 11.0. The van der Waals surface area contributed by atoms with Gasteiger partial charge in [0.25, 0.3) is 0 Å². The zero-order valence-electron chi connectivity index (χ0n) is 29.7. The summed E-state index contributed by atoms with van der Waals surface area (Å²) in [6.45, 7) is 8.21. The molecule has 0 N–H and O–H groups in total. The van der Waals surface area contributed by atoms with E-state index in [2.05, 4.69) is 52.0 Å². The monoisotopic (exact) mass is 695 g/mol. The molecule has 0 aliphatic carbocycles. The zero-order valence-corrected chi connectivity index (χ0v) is 29.7. The average molecular weight is 696 g/mol. The number of pyridine rings is 1. The van der Waals surface area contributed by atoms with E-state index in [0.717, 1.165) is 70.6 Å². The van der Waals surface area contributed by atoms with Crippen molar-refractivity contribution in [2.45, 2.75) is 45.6 Å². The number of hydrogen-bond donors (Lipinski definition) is 0. The summed E-state index contributed by atoms with van der Waals surface area (Å²) in [6, 6.07) is 18.3. The van der Waals surface area contributed by atoms with Crippen molar-refractivity contribution in [2.24, 2.45) is 17.5 Å². The maximum Gasteiger partial charge on any atom is 0.237 e. The number of likely N-dealkylation sites (tertiary alicyclic amines) is 1. The second-order valence-corrected chi connectivity index (χ2v) is 14.8. The smallest absolute Gasteiger partial charge is 0.237 e. The molecule has 4 aliphatic rings. The minimum atomic E-state index is -0.490. The first-order chi connectivity index (χ1) is 25.2. The molecule has 264 valence electrons. The lowest BCUT2D eigenvalue weighted by molar-refractivity contribution is -0.132. The van der Waals surface area contributed by atoms with Gasteiger partial charge in [0.2, 0.25) is 11.8 Å². The van der Waals surface area contributed by atoms with Crippen LogP contribution >= 0.6 is 0 Å². The molecule has 2 saturated heterocycles. The fourth-order valence-corrected chi connectivity index (χ4v) is 8.03. The van der Waals surface area contributed by atoms with Gasteiger partial charge in [-0.15, -0.1) is 0 Å². The highest BCUT2D eigenvalue weighted by Crippen LogP contribution is 2.42. The highest BCUT2D eigenvalue weighted by atomic mass is 16.3. The molecule has 0 saturated carbocycles. The summed E-state index contributed by atoms with van der Waals surface area (Å²) >= 11 is 0. The molecule has 3 aromatic heterocycles. The lowest BCUT2D eigenvalue weighted by Crippen LogP contribution is -2.43. The van der Waals surface area contributed by atoms with E-state index in [0.29, 0.717) is 56.8 Å². The number of aliphatic imine (C=N–C) groups is 1. The van der Waals surface area contributed by atoms with E-state index in [4.69, 9.17) is 14.4 Å². The highest BCUT2D eigenvalue weighted by molar-refractivity contribution is 6.15. The molecule has 2 aromatic carbocycles. The van der Waals surface area contributed by atoms with Gasteiger partial charge in [-0.2, -0.15) is 5.10 Å². The number of rotatable bonds is 7. The van der Waals surface area contributed by atoms with Gasteiger partial charge in [-0.3, -0.25) is 29.1 Å². The minimum Gasteiger partial charge on any atom is -0.440 e. The highest BCUT2D eigenvalue weighted by Gasteiger charge is 2.51. The topological polar surface area (TPSA) is 126 Å². The number of fused-ring (bicyclic) bond motifs is 2. The van der Waals surface area contributed by atoms with E-state index in [1.54, 1.807) is 11.0 Å². The maximum absolute atomic E-state index is 14.1. The Hall–Kier alpha value is -5.49. The Morgan fingerprint density at radius 1 is 0.962 bits per heavy atom. The van der Waals surface area contributed by atoms with E-state index in [1.807, 2.05) is 59.3 Å². The van der Waals surface area contributed by atoms with Crippen molar-refractivity contribution in [3.63, 3.8) is 0 Å². The zero-order chi connectivity index (χ0) is 35.6. The predicted octanol–water partition coefficient (Wildman–Crippen LogP) is 5.24. The van der Waals surface area contributed by atoms with Gasteiger partial charge in [0, 0.05) is 55.8 Å². The maximum atomic E-state index is 14.1. The molecular weight excluding hydrogens is 655 g/mol. The standard InChI is InChI=1S/C40H41N9O3/c1-25(2)38-43-31-20-29(8-10-32(31)52-38)35-36-30(21-41-35)9-11-33(44-36)49-19-15-40(39(49)51)14-18-47(23-40)22-34(50)48-16-12-27(13-17-48)26-4-6-28(7-5-26)37-42-24-46(3)45-37/h4-12,20,24-25H,13-19,21-23H2,1-3H3/t40-/m0/s1. The molecule has 4 aliphatic heterocycles. The van der Waals surface area contributed by atoms with Crippen LogP contribution in [-0.2, 0) is 23.2 Å². The Labute approximate surface area is 301 Å². The molecule has 52 heavy (non-hydrogen) atoms. The van der Waals surface area contributed by atoms with Gasteiger partial charge in [0.1, 0.15) is 17.7 Å². The van der Waals surface area contributed by atoms with Crippen LogP contribution in [0.3, 0.4) is 0 Å². The summed E-state index contributed by atoms with van der Waals surface area (Å²) in [7, 11) is 1.86. The van der Waals surface area contributed by atoms with Crippen LogP contribution < -0.4 is 4.90 Å². The number of carbonyl (C=O) groups is 2. The molecule has 5 aromatic rings. The normalized spacial score (nSPS) is 20.4. The molecule has 0 bridgehead atoms. The van der Waals surface area contributed by atoms with Crippen LogP contribution in [0.15, 0.2) is 76.4 Å². The van der Waals surface area contributed by atoms with E-state index in [9.17, 15) is 9.59 Å². The minimum absolute atomic E-state index is 0.104. The van der Waals surface area contributed by atoms with Gasteiger partial charge in [0.15, 0.2) is 17.3 Å². The first-order valence-corrected chi connectivity index (χ1v) is 18.2. The van der Waals surface area contributed by atoms with E-state index < -0.39 is 5.41 Å². The summed E-state index contributed by atoms with van der Waals surface area (Å²) in [4.78, 5) is 52.4. The molecule has 12 nitrogen and oxygen atoms in total. The quantitative estimate of drug-likeness (QED) is 0.227. The number of benzene rings is 2. The SMILES string of the molecule is CC(C)c1nc2cc(C3=NCc4ccc(N5CC[C@]6(CCN(CC(=O)N7CC=C(c8ccc(-c9ncn(C)n9)cc8)CC7)C6)C5=O)nc43)ccc2o1. The second kappa shape index (κ2) is 12.6. The Morgan fingerprint density at radius 2 is 1.77 bits per heavy atom. The van der Waals surface area contributed by atoms with Crippen molar-refractivity contribution in [3.05, 3.63) is 95.3 Å². The van der Waals surface area contributed by atoms with Crippen molar-refractivity contribution < 1.29 is 14.0 Å². The molecule has 0 radical (unpaired) electrons. The molecule has 12 heteroatoms. The third-order valence-electron chi connectivity index (χ3n) is 11.0. The Bertz CT molecular complexity index is 2280. The average Bonchev–Trinajstić information content (AvgIpc) is 4.00. The molecule has 1 atom stereocenters. The fourth-order valence-electron chi connectivity index (χ4n) is 8.03. The van der Waals surface area contributed by atoms with Gasteiger partial charge in [-0.25, -0.2) is 15.0 Å². The van der Waals surface area contributed by atoms with Gasteiger partial charge < -0.3 is 9.32 Å². The Kier molecular flexibility index (Phi) is 7.87. The number of oxazole rings is 1. The van der Waals surface area contributed by atoms with Gasteiger partial charge in [0.05, 0.1) is 29.9 Å². The molecule has 1 spiro atoms. The van der Waals surface area contributed by atoms with E-state index in [-0.39, 0.29) is 17.7 Å². The Balaban J connectivity index is 0.830. The number of anilines is 1. The van der Waals surface area contributed by atoms with E-state index in [1.165, 1.54) is 5.57 Å². The van der Waals surface area contributed by atoms with Gasteiger partial charge >= 0.3 is 0 Å². The predicted molar refractivity (Wildman–Crippen MR) is 198 cm³/mol. The number of amides is 2. The van der Waals surface area contributed by atoms with Crippen LogP contribution in [0.25, 0.3) is 28.1 Å². The lowest BCUT2D eigenvalue weighted by Gasteiger charge is -2.29. The van der Waals surface area contributed by atoms with Crippen LogP contribution in [0.1, 0.15) is 67.3 Å². The second-order valence-electron chi connectivity index (χ2n) is 14.8. The van der Waals surface area contributed by atoms with E-state index >= 15 is 0 Å². The molecule has 7 heterocycles.